The van der Waals surface area contributed by atoms with Gasteiger partial charge in [0, 0.05) is 0 Å². The highest BCUT2D eigenvalue weighted by molar-refractivity contribution is 4.99. The maximum Gasteiger partial charge on any atom is 0.187 e. The lowest BCUT2D eigenvalue weighted by Gasteiger charge is -2.49. The third kappa shape index (κ3) is 12.0. The van der Waals surface area contributed by atoms with Gasteiger partial charge in [-0.05, 0) is 0 Å². The highest BCUT2D eigenvalue weighted by Gasteiger charge is 2.59. The van der Waals surface area contributed by atoms with Crippen molar-refractivity contribution in [1.82, 2.24) is 0 Å². The van der Waals surface area contributed by atoms with Gasteiger partial charge in [0.25, 0.3) is 0 Å². The van der Waals surface area contributed by atoms with Gasteiger partial charge in [-0.3, -0.25) is 0 Å². The molecule has 0 aromatic carbocycles. The molecule has 8 aliphatic heterocycles. The molecule has 73 heavy (non-hydrogen) atoms. The van der Waals surface area contributed by atoms with Crippen LogP contribution in [0.3, 0.4) is 0 Å². The van der Waals surface area contributed by atoms with Gasteiger partial charge in [-0.25, -0.2) is 0 Å². The van der Waals surface area contributed by atoms with Crippen LogP contribution in [0.5, 0.6) is 0 Å². The summed E-state index contributed by atoms with van der Waals surface area (Å²) in [6.07, 6.45) is -57.1. The lowest BCUT2D eigenvalue weighted by Crippen LogP contribution is -2.65. The second-order valence-electron chi connectivity index (χ2n) is 18.6. The van der Waals surface area contributed by atoms with E-state index in [1.54, 1.807) is 0 Å². The molecule has 424 valence electrons. The molecule has 33 heteroatoms. The lowest BCUT2D eigenvalue weighted by atomic mass is 10.0. The minimum atomic E-state index is -1.96. The van der Waals surface area contributed by atoms with Crippen molar-refractivity contribution in [1.29, 1.82) is 0 Å². The molecule has 33 nitrogen and oxygen atoms in total. The average molecular weight is 1070 g/mol. The summed E-state index contributed by atoms with van der Waals surface area (Å²) in [6.45, 7) is -5.94. The fourth-order valence-corrected chi connectivity index (χ4v) is 9.42. The van der Waals surface area contributed by atoms with Gasteiger partial charge in [0.05, 0.1) is 52.9 Å². The highest BCUT2D eigenvalue weighted by Crippen LogP contribution is 2.39. The fraction of sp³-hybridized carbons (Fsp3) is 1.00. The van der Waals surface area contributed by atoms with Crippen molar-refractivity contribution < 1.29 is 163 Å². The zero-order valence-electron chi connectivity index (χ0n) is 38.3. The van der Waals surface area contributed by atoms with Crippen molar-refractivity contribution >= 4 is 0 Å². The predicted molar refractivity (Wildman–Crippen MR) is 216 cm³/mol. The monoisotopic (exact) mass is 1070 g/mol. The molecular weight excluding hydrogens is 1010 g/mol. The Morgan fingerprint density at radius 3 is 0.959 bits per heavy atom. The minimum absolute atomic E-state index is 0.560. The molecule has 0 amide bonds. The summed E-state index contributed by atoms with van der Waals surface area (Å²) in [5.41, 5.74) is 0. The summed E-state index contributed by atoms with van der Waals surface area (Å²) >= 11 is 0. The molecule has 0 radical (unpaired) electrons. The Bertz CT molecular complexity index is 1600. The van der Waals surface area contributed by atoms with Crippen LogP contribution in [0.2, 0.25) is 0 Å². The maximum absolute atomic E-state index is 11.1. The van der Waals surface area contributed by atoms with E-state index in [-0.39, 0.29) is 0 Å². The van der Waals surface area contributed by atoms with Crippen LogP contribution >= 0.6 is 0 Å². The van der Waals surface area contributed by atoms with Crippen molar-refractivity contribution in [2.75, 3.05) is 52.9 Å². The van der Waals surface area contributed by atoms with Gasteiger partial charge >= 0.3 is 0 Å². The first-order valence-electron chi connectivity index (χ1n) is 23.4. The number of hydrogen-bond donors (Lipinski definition) is 18. The van der Waals surface area contributed by atoms with Gasteiger partial charge < -0.3 is 163 Å². The van der Waals surface area contributed by atoms with Crippen molar-refractivity contribution in [3.63, 3.8) is 0 Å². The van der Waals surface area contributed by atoms with Crippen LogP contribution in [-0.4, -0.2) is 342 Å². The molecule has 32 atom stereocenters. The Balaban J connectivity index is 1.17. The molecule has 0 saturated carbocycles. The molecule has 1 unspecified atom stereocenters. The molecular formula is C40H66O33. The molecule has 0 aliphatic carbocycles. The third-order valence-electron chi connectivity index (χ3n) is 13.8. The lowest BCUT2D eigenvalue weighted by molar-refractivity contribution is -0.395. The van der Waals surface area contributed by atoms with Crippen molar-refractivity contribution in [2.45, 2.75) is 197 Å². The van der Waals surface area contributed by atoms with Gasteiger partial charge in [0.15, 0.2) is 50.3 Å². The summed E-state index contributed by atoms with van der Waals surface area (Å²) in [4.78, 5) is 0. The number of ether oxygens (including phenoxy) is 15. The van der Waals surface area contributed by atoms with E-state index in [2.05, 4.69) is 0 Å². The van der Waals surface area contributed by atoms with Crippen LogP contribution in [0, 0.1) is 0 Å². The second-order valence-corrected chi connectivity index (χ2v) is 18.6. The molecule has 8 saturated heterocycles. The van der Waals surface area contributed by atoms with Crippen LogP contribution in [0.1, 0.15) is 0 Å². The van der Waals surface area contributed by atoms with Crippen LogP contribution in [-0.2, 0) is 71.1 Å². The van der Waals surface area contributed by atoms with Gasteiger partial charge in [0.2, 0.25) is 0 Å². The fourth-order valence-electron chi connectivity index (χ4n) is 9.42. The molecule has 8 heterocycles. The van der Waals surface area contributed by atoms with Crippen LogP contribution in [0.15, 0.2) is 0 Å². The molecule has 0 aromatic heterocycles. The first-order chi connectivity index (χ1) is 34.8. The van der Waals surface area contributed by atoms with E-state index in [0.717, 1.165) is 0 Å². The van der Waals surface area contributed by atoms with Crippen molar-refractivity contribution in [2.24, 2.45) is 0 Å². The Labute approximate surface area is 412 Å². The van der Waals surface area contributed by atoms with E-state index in [0.29, 0.717) is 0 Å². The predicted octanol–water partition coefficient (Wildman–Crippen LogP) is -13.3. The maximum atomic E-state index is 11.1. The summed E-state index contributed by atoms with van der Waals surface area (Å²) in [5.74, 6) is 0. The minimum Gasteiger partial charge on any atom is -0.394 e. The summed E-state index contributed by atoms with van der Waals surface area (Å²) in [7, 11) is 0. The second kappa shape index (κ2) is 24.8. The van der Waals surface area contributed by atoms with Gasteiger partial charge in [-0.2, -0.15) is 0 Å². The highest BCUT2D eigenvalue weighted by atomic mass is 16.8. The van der Waals surface area contributed by atoms with Gasteiger partial charge in [-0.1, -0.05) is 0 Å². The van der Waals surface area contributed by atoms with Gasteiger partial charge in [0.1, 0.15) is 146 Å². The van der Waals surface area contributed by atoms with Crippen LogP contribution in [0.4, 0.5) is 0 Å². The Morgan fingerprint density at radius 2 is 0.589 bits per heavy atom. The van der Waals surface area contributed by atoms with Crippen LogP contribution in [0.25, 0.3) is 0 Å². The Morgan fingerprint density at radius 1 is 0.274 bits per heavy atom. The number of hydrogen-bond acceptors (Lipinski definition) is 33. The summed E-state index contributed by atoms with van der Waals surface area (Å²) < 4.78 is 88.6. The number of aliphatic hydroxyl groups excluding tert-OH is 18. The molecule has 0 bridgehead atoms. The Hall–Kier alpha value is -1.32. The molecule has 8 rings (SSSR count). The van der Waals surface area contributed by atoms with Crippen LogP contribution < -0.4 is 0 Å². The molecule has 18 N–H and O–H groups in total. The first-order valence-corrected chi connectivity index (χ1v) is 23.4. The van der Waals surface area contributed by atoms with E-state index in [1.807, 2.05) is 0 Å². The quantitative estimate of drug-likeness (QED) is 0.0606. The third-order valence-corrected chi connectivity index (χ3v) is 13.8. The standard InChI is InChI=1S/C40H66O33/c41-1-10-18(47)25(54)35(63-10)70-29-15(68-34-24(53)17(46)9(45)5-60-34)7-62-40(32(29)73-38-28(57)21(50)13(4-44)66-38)69-16-8-61-39(67-14-6-59-33(58)23(52)22(14)51)31(72-37-27(56)20(49)12(3-43)65-37)30(16)71-36-26(55)19(48)11(2-42)64-36/h9-58H,1-8H2/t9-,10+,11+,12+,13+,14-,15-,16-,17+,18+,19+,20+,21+,22+,23-,24-,25-,26-,27-,28-,29+,30+,31-,32-,33?,34+,35+,36+,37+,38+,39+,40+/m1/s1. The molecule has 8 fully saturated rings. The average Bonchev–Trinajstić information content (AvgIpc) is 4.02. The van der Waals surface area contributed by atoms with E-state index in [1.165, 1.54) is 0 Å². The number of rotatable bonds is 18. The first kappa shape index (κ1) is 57.8. The Kier molecular flexibility index (Phi) is 19.6. The molecule has 8 aliphatic rings. The van der Waals surface area contributed by atoms with E-state index < -0.39 is 250 Å². The molecule has 0 spiro atoms. The SMILES string of the molecule is OC[C@@H]1O[C@@H](O[C@@H]2[C@@H](O[C@@H]3O[C@@H](CO)[C@H](O)[C@H]3O)[C@H](O[C@@H]3CO[C@@H](O[C@@H]4COC(O)[C@H](O)[C@H]4O)[C@H](O[C@@H]4O[C@@H](CO)[C@H](O)[C@H]4O)[C@H]3O[C@@H]3O[C@@H](CO)[C@H](O)[C@H]3O)OC[C@H]2O[C@@H]2OC[C@@H](O)[C@H](O)[C@H]2O)[C@H](O)[C@H]1O. The zero-order valence-corrected chi connectivity index (χ0v) is 38.3. The van der Waals surface area contributed by atoms with Crippen molar-refractivity contribution in [3.05, 3.63) is 0 Å². The van der Waals surface area contributed by atoms with E-state index >= 15 is 0 Å². The van der Waals surface area contributed by atoms with Gasteiger partial charge in [-0.15, -0.1) is 0 Å². The van der Waals surface area contributed by atoms with E-state index in [4.69, 9.17) is 71.1 Å². The number of aliphatic hydroxyl groups is 18. The zero-order chi connectivity index (χ0) is 52.7. The van der Waals surface area contributed by atoms with Crippen molar-refractivity contribution in [3.8, 4) is 0 Å². The molecule has 0 aromatic rings. The normalized spacial score (nSPS) is 53.8. The smallest absolute Gasteiger partial charge is 0.187 e. The van der Waals surface area contributed by atoms with E-state index in [9.17, 15) is 91.9 Å². The topological polar surface area (TPSA) is 503 Å². The summed E-state index contributed by atoms with van der Waals surface area (Å²) in [6, 6.07) is 0. The summed E-state index contributed by atoms with van der Waals surface area (Å²) in [5, 5.41) is 190. The largest absolute Gasteiger partial charge is 0.394 e.